The molecule has 2 N–H and O–H groups in total. The van der Waals surface area contributed by atoms with Crippen molar-refractivity contribution in [3.63, 3.8) is 0 Å². The fraction of sp³-hybridized carbons (Fsp3) is 0.833. The van der Waals surface area contributed by atoms with Crippen LogP contribution in [-0.2, 0) is 14.0 Å². The third-order valence-corrected chi connectivity index (χ3v) is 8.54. The molecule has 18 heavy (non-hydrogen) atoms. The maximum Gasteiger partial charge on any atom is 0.326 e. The van der Waals surface area contributed by atoms with Gasteiger partial charge in [0.25, 0.3) is 5.91 Å². The zero-order valence-corrected chi connectivity index (χ0v) is 13.0. The molecule has 1 saturated heterocycles. The lowest BCUT2D eigenvalue weighted by Crippen LogP contribution is -2.51. The lowest BCUT2D eigenvalue weighted by molar-refractivity contribution is -0.140. The van der Waals surface area contributed by atoms with Crippen LogP contribution in [0.5, 0.6) is 0 Å². The van der Waals surface area contributed by atoms with E-state index in [4.69, 9.17) is 9.53 Å². The molecular formula is C12H23NO4Si. The number of rotatable bonds is 3. The van der Waals surface area contributed by atoms with Crippen LogP contribution in [-0.4, -0.2) is 36.9 Å². The first-order valence-electron chi connectivity index (χ1n) is 6.13. The molecule has 1 rings (SSSR count). The van der Waals surface area contributed by atoms with E-state index < -0.39 is 25.9 Å². The molecule has 0 aromatic heterocycles. The van der Waals surface area contributed by atoms with Gasteiger partial charge in [0.05, 0.1) is 0 Å². The van der Waals surface area contributed by atoms with Crippen LogP contribution in [0.2, 0.25) is 18.1 Å². The van der Waals surface area contributed by atoms with Crippen molar-refractivity contribution in [3.8, 4) is 0 Å². The summed E-state index contributed by atoms with van der Waals surface area (Å²) in [5.74, 6) is -1.33. The van der Waals surface area contributed by atoms with Crippen LogP contribution in [0, 0.1) is 0 Å². The lowest BCUT2D eigenvalue weighted by atomic mass is 10.0. The second kappa shape index (κ2) is 4.34. The third-order valence-electron chi connectivity index (χ3n) is 3.96. The highest BCUT2D eigenvalue weighted by Gasteiger charge is 2.52. The van der Waals surface area contributed by atoms with Gasteiger partial charge in [0.15, 0.2) is 8.32 Å². The van der Waals surface area contributed by atoms with Gasteiger partial charge in [-0.15, -0.1) is 0 Å². The Balaban J connectivity index is 2.90. The smallest absolute Gasteiger partial charge is 0.326 e. The molecule has 0 aromatic rings. The fourth-order valence-electron chi connectivity index (χ4n) is 1.80. The highest BCUT2D eigenvalue weighted by molar-refractivity contribution is 6.74. The van der Waals surface area contributed by atoms with Crippen LogP contribution in [0.15, 0.2) is 0 Å². The number of carbonyl (C=O) groups excluding carboxylic acids is 1. The van der Waals surface area contributed by atoms with E-state index in [0.29, 0.717) is 0 Å². The summed E-state index contributed by atoms with van der Waals surface area (Å²) in [6, 6.07) is -0.840. The Morgan fingerprint density at radius 3 is 2.33 bits per heavy atom. The molecule has 1 fully saturated rings. The molecule has 0 radical (unpaired) electrons. The second-order valence-electron chi connectivity index (χ2n) is 6.66. The SMILES string of the molecule is CC1(O[Si](C)(C)C(C)(C)C)C[C@@H](C(=O)O)NC1=O. The van der Waals surface area contributed by atoms with Crippen molar-refractivity contribution in [3.05, 3.63) is 0 Å². The molecule has 0 spiro atoms. The van der Waals surface area contributed by atoms with Crippen LogP contribution in [0.4, 0.5) is 0 Å². The van der Waals surface area contributed by atoms with E-state index in [-0.39, 0.29) is 17.4 Å². The molecule has 1 unspecified atom stereocenters. The zero-order chi connectivity index (χ0) is 14.4. The van der Waals surface area contributed by atoms with E-state index in [1.54, 1.807) is 6.92 Å². The highest BCUT2D eigenvalue weighted by Crippen LogP contribution is 2.41. The minimum absolute atomic E-state index is 0.0163. The quantitative estimate of drug-likeness (QED) is 0.768. The third kappa shape index (κ3) is 2.75. The lowest BCUT2D eigenvalue weighted by Gasteiger charge is -2.41. The van der Waals surface area contributed by atoms with E-state index in [2.05, 4.69) is 39.2 Å². The molecule has 2 atom stereocenters. The number of aliphatic carboxylic acids is 1. The summed E-state index contributed by atoms with van der Waals surface area (Å²) in [5, 5.41) is 11.4. The topological polar surface area (TPSA) is 75.6 Å². The van der Waals surface area contributed by atoms with E-state index >= 15 is 0 Å². The minimum Gasteiger partial charge on any atom is -0.480 e. The highest BCUT2D eigenvalue weighted by atomic mass is 28.4. The van der Waals surface area contributed by atoms with Crippen LogP contribution in [0.3, 0.4) is 0 Å². The van der Waals surface area contributed by atoms with Gasteiger partial charge < -0.3 is 14.8 Å². The molecule has 0 saturated carbocycles. The van der Waals surface area contributed by atoms with E-state index in [1.807, 2.05) is 0 Å². The van der Waals surface area contributed by atoms with Gasteiger partial charge in [-0.05, 0) is 25.1 Å². The minimum atomic E-state index is -2.10. The number of amides is 1. The monoisotopic (exact) mass is 273 g/mol. The molecule has 1 aliphatic rings. The first kappa shape index (κ1) is 15.2. The van der Waals surface area contributed by atoms with Crippen molar-refractivity contribution in [2.24, 2.45) is 0 Å². The number of hydrogen-bond donors (Lipinski definition) is 2. The Bertz CT molecular complexity index is 375. The maximum atomic E-state index is 11.9. The Morgan fingerprint density at radius 2 is 2.00 bits per heavy atom. The standard InChI is InChI=1S/C12H23NO4Si/c1-11(2,3)18(5,6)17-12(4)7-8(9(14)15)13-10(12)16/h8H,7H2,1-6H3,(H,13,16)(H,14,15)/t8-,12?/m0/s1. The zero-order valence-electron chi connectivity index (χ0n) is 12.0. The van der Waals surface area contributed by atoms with Crippen LogP contribution in [0.1, 0.15) is 34.1 Å². The van der Waals surface area contributed by atoms with Gasteiger partial charge in [-0.1, -0.05) is 20.8 Å². The summed E-state index contributed by atoms with van der Waals surface area (Å²) in [6.07, 6.45) is 0.188. The first-order valence-corrected chi connectivity index (χ1v) is 9.04. The summed E-state index contributed by atoms with van der Waals surface area (Å²) in [6.45, 7) is 12.1. The van der Waals surface area contributed by atoms with Crippen molar-refractivity contribution in [2.75, 3.05) is 0 Å². The van der Waals surface area contributed by atoms with E-state index in [9.17, 15) is 9.59 Å². The van der Waals surface area contributed by atoms with Gasteiger partial charge in [0.1, 0.15) is 11.6 Å². The average molecular weight is 273 g/mol. The summed E-state index contributed by atoms with van der Waals surface area (Å²) in [4.78, 5) is 22.9. The van der Waals surface area contributed by atoms with E-state index in [1.165, 1.54) is 0 Å². The summed E-state index contributed by atoms with van der Waals surface area (Å²) >= 11 is 0. The van der Waals surface area contributed by atoms with Crippen molar-refractivity contribution >= 4 is 20.2 Å². The predicted octanol–water partition coefficient (Wildman–Crippen LogP) is 1.74. The molecule has 0 aromatic carbocycles. The molecule has 1 aliphatic heterocycles. The van der Waals surface area contributed by atoms with Crippen molar-refractivity contribution in [1.82, 2.24) is 5.32 Å². The van der Waals surface area contributed by atoms with Crippen molar-refractivity contribution < 1.29 is 19.1 Å². The van der Waals surface area contributed by atoms with E-state index in [0.717, 1.165) is 0 Å². The molecule has 1 amide bonds. The molecule has 6 heteroatoms. The van der Waals surface area contributed by atoms with Gasteiger partial charge in [-0.25, -0.2) is 4.79 Å². The molecule has 104 valence electrons. The Morgan fingerprint density at radius 1 is 1.50 bits per heavy atom. The Hall–Kier alpha value is -0.883. The van der Waals surface area contributed by atoms with Gasteiger partial charge >= 0.3 is 5.97 Å². The van der Waals surface area contributed by atoms with Crippen molar-refractivity contribution in [1.29, 1.82) is 0 Å². The summed E-state index contributed by atoms with van der Waals surface area (Å²) in [7, 11) is -2.10. The summed E-state index contributed by atoms with van der Waals surface area (Å²) < 4.78 is 6.11. The van der Waals surface area contributed by atoms with Crippen LogP contribution >= 0.6 is 0 Å². The van der Waals surface area contributed by atoms with Gasteiger partial charge in [-0.2, -0.15) is 0 Å². The first-order chi connectivity index (χ1) is 7.89. The van der Waals surface area contributed by atoms with Gasteiger partial charge in [0, 0.05) is 6.42 Å². The number of nitrogens with one attached hydrogen (secondary N) is 1. The molecule has 5 nitrogen and oxygen atoms in total. The normalized spacial score (nSPS) is 29.2. The number of carboxylic acids is 1. The second-order valence-corrected chi connectivity index (χ2v) is 11.4. The average Bonchev–Trinajstić information content (AvgIpc) is 2.40. The number of hydrogen-bond acceptors (Lipinski definition) is 3. The molecule has 0 bridgehead atoms. The molecule has 1 heterocycles. The summed E-state index contributed by atoms with van der Waals surface area (Å²) in [5.41, 5.74) is -1.02. The fourth-order valence-corrected chi connectivity index (χ4v) is 3.41. The van der Waals surface area contributed by atoms with Crippen LogP contribution in [0.25, 0.3) is 0 Å². The maximum absolute atomic E-state index is 11.9. The number of carbonyl (C=O) groups is 2. The largest absolute Gasteiger partial charge is 0.480 e. The number of carboxylic acid groups (broad SMARTS) is 1. The van der Waals surface area contributed by atoms with Crippen molar-refractivity contribution in [2.45, 2.75) is 63.9 Å². The Kier molecular flexibility index (Phi) is 3.66. The molecular weight excluding hydrogens is 250 g/mol. The van der Waals surface area contributed by atoms with Gasteiger partial charge in [0.2, 0.25) is 0 Å². The van der Waals surface area contributed by atoms with Gasteiger partial charge in [-0.3, -0.25) is 4.79 Å². The molecule has 0 aliphatic carbocycles. The van der Waals surface area contributed by atoms with Crippen LogP contribution < -0.4 is 5.32 Å². The predicted molar refractivity (Wildman–Crippen MR) is 70.9 cm³/mol. The Labute approximate surface area is 109 Å².